The number of carboxylic acid groups (broad SMARTS) is 1. The molecule has 0 saturated heterocycles. The third kappa shape index (κ3) is 3.26. The predicted octanol–water partition coefficient (Wildman–Crippen LogP) is 3.25. The van der Waals surface area contributed by atoms with E-state index in [0.29, 0.717) is 11.8 Å². The molecule has 1 aromatic rings. The first-order valence-corrected chi connectivity index (χ1v) is 7.70. The highest BCUT2D eigenvalue weighted by Gasteiger charge is 2.45. The zero-order valence-corrected chi connectivity index (χ0v) is 12.2. The van der Waals surface area contributed by atoms with Gasteiger partial charge < -0.3 is 10.4 Å². The highest BCUT2D eigenvalue weighted by atomic mass is 16.4. The summed E-state index contributed by atoms with van der Waals surface area (Å²) >= 11 is 0. The van der Waals surface area contributed by atoms with Gasteiger partial charge in [0, 0.05) is 11.6 Å². The van der Waals surface area contributed by atoms with Crippen LogP contribution in [-0.2, 0) is 9.59 Å². The van der Waals surface area contributed by atoms with E-state index >= 15 is 0 Å². The first-order valence-electron chi connectivity index (χ1n) is 7.70. The van der Waals surface area contributed by atoms with Crippen LogP contribution in [0.15, 0.2) is 24.3 Å². The van der Waals surface area contributed by atoms with Crippen LogP contribution >= 0.6 is 0 Å². The molecular formula is C17H21NO3. The molecule has 2 aliphatic carbocycles. The fourth-order valence-corrected chi connectivity index (χ4v) is 2.95. The number of carboxylic acids is 1. The largest absolute Gasteiger partial charge is 0.481 e. The van der Waals surface area contributed by atoms with Crippen LogP contribution < -0.4 is 5.32 Å². The van der Waals surface area contributed by atoms with Gasteiger partial charge in [0.1, 0.15) is 0 Å². The Morgan fingerprint density at radius 1 is 1.10 bits per heavy atom. The van der Waals surface area contributed by atoms with Crippen LogP contribution in [0.2, 0.25) is 0 Å². The lowest BCUT2D eigenvalue weighted by Gasteiger charge is -2.16. The first kappa shape index (κ1) is 14.1. The summed E-state index contributed by atoms with van der Waals surface area (Å²) < 4.78 is 0. The Labute approximate surface area is 124 Å². The maximum atomic E-state index is 12.4. The van der Waals surface area contributed by atoms with E-state index in [4.69, 9.17) is 5.11 Å². The Morgan fingerprint density at radius 2 is 1.62 bits per heavy atom. The molecule has 2 fully saturated rings. The molecule has 0 spiro atoms. The molecule has 0 bridgehead atoms. The molecule has 21 heavy (non-hydrogen) atoms. The standard InChI is InChI=1S/C17H21NO3/c1-10(17(20)21)11-6-8-14(9-7-11)18-16(19)15(12-2-3-12)13-4-5-13/h6-10,12-13,15H,2-5H2,1H3,(H,18,19)(H,20,21). The normalized spacial score (nSPS) is 19.3. The molecule has 0 heterocycles. The quantitative estimate of drug-likeness (QED) is 0.844. The lowest BCUT2D eigenvalue weighted by Crippen LogP contribution is -2.26. The summed E-state index contributed by atoms with van der Waals surface area (Å²) in [6.45, 7) is 1.66. The Morgan fingerprint density at radius 3 is 2.05 bits per heavy atom. The Balaban J connectivity index is 1.64. The highest BCUT2D eigenvalue weighted by molar-refractivity contribution is 5.93. The summed E-state index contributed by atoms with van der Waals surface area (Å²) in [5.41, 5.74) is 1.51. The summed E-state index contributed by atoms with van der Waals surface area (Å²) in [5, 5.41) is 12.0. The number of carbonyl (C=O) groups excluding carboxylic acids is 1. The van der Waals surface area contributed by atoms with Gasteiger partial charge >= 0.3 is 5.97 Å². The van der Waals surface area contributed by atoms with E-state index in [1.807, 2.05) is 0 Å². The summed E-state index contributed by atoms with van der Waals surface area (Å²) in [4.78, 5) is 23.3. The van der Waals surface area contributed by atoms with Gasteiger partial charge in [0.2, 0.25) is 5.91 Å². The number of anilines is 1. The molecule has 0 aliphatic heterocycles. The average molecular weight is 287 g/mol. The van der Waals surface area contributed by atoms with Crippen LogP contribution in [0.5, 0.6) is 0 Å². The molecule has 1 atom stereocenters. The van der Waals surface area contributed by atoms with E-state index in [0.717, 1.165) is 11.3 Å². The molecule has 1 amide bonds. The lowest BCUT2D eigenvalue weighted by molar-refractivity contribution is -0.138. The van der Waals surface area contributed by atoms with E-state index in [9.17, 15) is 9.59 Å². The van der Waals surface area contributed by atoms with E-state index in [-0.39, 0.29) is 11.8 Å². The van der Waals surface area contributed by atoms with Crippen LogP contribution in [0.25, 0.3) is 0 Å². The number of hydrogen-bond donors (Lipinski definition) is 2. The molecule has 2 aliphatic rings. The maximum Gasteiger partial charge on any atom is 0.310 e. The van der Waals surface area contributed by atoms with Crippen LogP contribution in [-0.4, -0.2) is 17.0 Å². The van der Waals surface area contributed by atoms with Gasteiger partial charge in [-0.1, -0.05) is 12.1 Å². The van der Waals surface area contributed by atoms with Crippen molar-refractivity contribution in [2.24, 2.45) is 17.8 Å². The molecule has 4 nitrogen and oxygen atoms in total. The van der Waals surface area contributed by atoms with Crippen molar-refractivity contribution in [2.45, 2.75) is 38.5 Å². The molecule has 0 aromatic heterocycles. The number of benzene rings is 1. The Bertz CT molecular complexity index is 532. The number of hydrogen-bond acceptors (Lipinski definition) is 2. The fraction of sp³-hybridized carbons (Fsp3) is 0.529. The lowest BCUT2D eigenvalue weighted by atomic mass is 9.96. The zero-order chi connectivity index (χ0) is 15.0. The third-order valence-electron chi connectivity index (χ3n) is 4.61. The average Bonchev–Trinajstić information content (AvgIpc) is 3.33. The number of amides is 1. The third-order valence-corrected chi connectivity index (χ3v) is 4.61. The van der Waals surface area contributed by atoms with Crippen molar-refractivity contribution in [3.8, 4) is 0 Å². The monoisotopic (exact) mass is 287 g/mol. The molecule has 2 saturated carbocycles. The van der Waals surface area contributed by atoms with Crippen molar-refractivity contribution in [2.75, 3.05) is 5.32 Å². The van der Waals surface area contributed by atoms with Gasteiger partial charge in [-0.05, 0) is 62.1 Å². The Hall–Kier alpha value is -1.84. The summed E-state index contributed by atoms with van der Waals surface area (Å²) in [7, 11) is 0. The van der Waals surface area contributed by atoms with Crippen molar-refractivity contribution in [1.29, 1.82) is 0 Å². The maximum absolute atomic E-state index is 12.4. The summed E-state index contributed by atoms with van der Waals surface area (Å²) in [6, 6.07) is 7.14. The van der Waals surface area contributed by atoms with Gasteiger partial charge in [-0.25, -0.2) is 0 Å². The topological polar surface area (TPSA) is 66.4 Å². The van der Waals surface area contributed by atoms with Gasteiger partial charge in [-0.2, -0.15) is 0 Å². The SMILES string of the molecule is CC(C(=O)O)c1ccc(NC(=O)C(C2CC2)C2CC2)cc1. The van der Waals surface area contributed by atoms with Gasteiger partial charge in [-0.3, -0.25) is 9.59 Å². The van der Waals surface area contributed by atoms with Gasteiger partial charge in [0.15, 0.2) is 0 Å². The van der Waals surface area contributed by atoms with Crippen molar-refractivity contribution in [3.63, 3.8) is 0 Å². The number of aliphatic carboxylic acids is 1. The van der Waals surface area contributed by atoms with Crippen LogP contribution in [0.4, 0.5) is 5.69 Å². The molecule has 0 radical (unpaired) electrons. The van der Waals surface area contributed by atoms with E-state index in [1.54, 1.807) is 31.2 Å². The van der Waals surface area contributed by atoms with Crippen molar-refractivity contribution in [3.05, 3.63) is 29.8 Å². The molecular weight excluding hydrogens is 266 g/mol. The molecule has 112 valence electrons. The van der Waals surface area contributed by atoms with E-state index < -0.39 is 11.9 Å². The Kier molecular flexibility index (Phi) is 3.70. The minimum atomic E-state index is -0.839. The van der Waals surface area contributed by atoms with Crippen LogP contribution in [0, 0.1) is 17.8 Å². The number of carbonyl (C=O) groups is 2. The predicted molar refractivity (Wildman–Crippen MR) is 80.1 cm³/mol. The minimum absolute atomic E-state index is 0.138. The smallest absolute Gasteiger partial charge is 0.310 e. The molecule has 2 N–H and O–H groups in total. The van der Waals surface area contributed by atoms with Crippen molar-refractivity contribution >= 4 is 17.6 Å². The molecule has 4 heteroatoms. The van der Waals surface area contributed by atoms with Crippen molar-refractivity contribution < 1.29 is 14.7 Å². The van der Waals surface area contributed by atoms with Gasteiger partial charge in [-0.15, -0.1) is 0 Å². The second-order valence-corrected chi connectivity index (χ2v) is 6.37. The fourth-order valence-electron chi connectivity index (χ4n) is 2.95. The minimum Gasteiger partial charge on any atom is -0.481 e. The second kappa shape index (κ2) is 5.51. The zero-order valence-electron chi connectivity index (χ0n) is 12.2. The first-order chi connectivity index (χ1) is 10.1. The number of rotatable bonds is 6. The highest BCUT2D eigenvalue weighted by Crippen LogP contribution is 2.49. The molecule has 3 rings (SSSR count). The van der Waals surface area contributed by atoms with E-state index in [1.165, 1.54) is 25.7 Å². The molecule has 1 aromatic carbocycles. The second-order valence-electron chi connectivity index (χ2n) is 6.37. The van der Waals surface area contributed by atoms with Crippen molar-refractivity contribution in [1.82, 2.24) is 0 Å². The summed E-state index contributed by atoms with van der Waals surface area (Å²) in [5.74, 6) is 0.129. The molecule has 1 unspecified atom stereocenters. The van der Waals surface area contributed by atoms with E-state index in [2.05, 4.69) is 5.32 Å². The van der Waals surface area contributed by atoms with Gasteiger partial charge in [0.05, 0.1) is 5.92 Å². The van der Waals surface area contributed by atoms with Gasteiger partial charge in [0.25, 0.3) is 0 Å². The number of nitrogens with one attached hydrogen (secondary N) is 1. The van der Waals surface area contributed by atoms with Crippen LogP contribution in [0.3, 0.4) is 0 Å². The summed E-state index contributed by atoms with van der Waals surface area (Å²) in [6.07, 6.45) is 4.74. The van der Waals surface area contributed by atoms with Crippen LogP contribution in [0.1, 0.15) is 44.1 Å².